The van der Waals surface area contributed by atoms with Crippen molar-refractivity contribution in [3.05, 3.63) is 168 Å². The molecule has 0 amide bonds. The van der Waals surface area contributed by atoms with Crippen molar-refractivity contribution in [2.24, 2.45) is 0 Å². The van der Waals surface area contributed by atoms with Crippen LogP contribution in [0, 0.1) is 6.92 Å². The van der Waals surface area contributed by atoms with Crippen molar-refractivity contribution in [3.8, 4) is 44.8 Å². The lowest BCUT2D eigenvalue weighted by atomic mass is 9.80. The summed E-state index contributed by atoms with van der Waals surface area (Å²) in [6.07, 6.45) is 0.859. The van der Waals surface area contributed by atoms with Gasteiger partial charge in [-0.3, -0.25) is 0 Å². The number of nitrogens with zero attached hydrogens (tertiary/aromatic N) is 2. The van der Waals surface area contributed by atoms with Gasteiger partial charge in [-0.2, -0.15) is 0 Å². The topological polar surface area (TPSA) is 38.9 Å². The van der Waals surface area contributed by atoms with Gasteiger partial charge in [0.15, 0.2) is 0 Å². The first kappa shape index (κ1) is 30.3. The molecule has 2 heterocycles. The van der Waals surface area contributed by atoms with Crippen LogP contribution in [0.25, 0.3) is 66.7 Å². The van der Waals surface area contributed by atoms with Crippen molar-refractivity contribution >= 4 is 21.9 Å². The molecule has 1 aliphatic rings. The van der Waals surface area contributed by atoms with Gasteiger partial charge in [0.05, 0.1) is 11.4 Å². The Morgan fingerprint density at radius 3 is 2.06 bits per heavy atom. The van der Waals surface area contributed by atoms with Crippen LogP contribution in [0.4, 0.5) is 0 Å². The molecule has 1 aliphatic carbocycles. The molecule has 6 aromatic carbocycles. The van der Waals surface area contributed by atoms with Crippen LogP contribution in [0.5, 0.6) is 0 Å². The summed E-state index contributed by atoms with van der Waals surface area (Å²) in [5.74, 6) is 0.814. The van der Waals surface area contributed by atoms with Crippen molar-refractivity contribution in [2.45, 2.75) is 45.4 Å². The van der Waals surface area contributed by atoms with E-state index in [9.17, 15) is 0 Å². The minimum atomic E-state index is -0.0730. The molecule has 0 aliphatic heterocycles. The average Bonchev–Trinajstić information content (AvgIpc) is 3.63. The zero-order valence-electron chi connectivity index (χ0n) is 28.9. The van der Waals surface area contributed by atoms with Gasteiger partial charge in [0.1, 0.15) is 17.0 Å². The predicted molar refractivity (Wildman–Crippen MR) is 206 cm³/mol. The van der Waals surface area contributed by atoms with Gasteiger partial charge < -0.3 is 4.42 Å². The fraction of sp³-hybridized carbons (Fsp3) is 0.149. The molecule has 1 atom stereocenters. The van der Waals surface area contributed by atoms with E-state index < -0.39 is 0 Å². The van der Waals surface area contributed by atoms with Crippen molar-refractivity contribution in [2.75, 3.05) is 0 Å². The molecule has 0 saturated carbocycles. The van der Waals surface area contributed by atoms with E-state index in [0.29, 0.717) is 0 Å². The maximum absolute atomic E-state index is 6.30. The normalized spacial score (nSPS) is 13.8. The number of para-hydroxylation sites is 1. The second-order valence-electron chi connectivity index (χ2n) is 14.1. The maximum atomic E-state index is 6.30. The average molecular weight is 647 g/mol. The van der Waals surface area contributed by atoms with Crippen molar-refractivity contribution < 1.29 is 4.42 Å². The van der Waals surface area contributed by atoms with Gasteiger partial charge in [-0.1, -0.05) is 130 Å². The quantitative estimate of drug-likeness (QED) is 0.180. The van der Waals surface area contributed by atoms with Crippen LogP contribution in [-0.2, 0) is 5.41 Å². The van der Waals surface area contributed by atoms with Crippen LogP contribution in [-0.4, -0.2) is 9.97 Å². The molecule has 50 heavy (non-hydrogen) atoms. The Hall–Kier alpha value is -5.80. The summed E-state index contributed by atoms with van der Waals surface area (Å²) in [4.78, 5) is 10.7. The molecule has 0 radical (unpaired) electrons. The molecule has 0 bridgehead atoms. The molecule has 8 aromatic rings. The van der Waals surface area contributed by atoms with Gasteiger partial charge in [0.25, 0.3) is 0 Å². The molecule has 0 N–H and O–H groups in total. The molecular formula is C47H38N2O. The van der Waals surface area contributed by atoms with Crippen molar-refractivity contribution in [1.82, 2.24) is 9.97 Å². The van der Waals surface area contributed by atoms with E-state index >= 15 is 0 Å². The number of hydrogen-bond acceptors (Lipinski definition) is 3. The lowest BCUT2D eigenvalue weighted by Gasteiger charge is -2.24. The van der Waals surface area contributed by atoms with E-state index in [1.165, 1.54) is 44.5 Å². The van der Waals surface area contributed by atoms with Crippen LogP contribution in [0.2, 0.25) is 0 Å². The molecule has 242 valence electrons. The van der Waals surface area contributed by atoms with Crippen molar-refractivity contribution in [3.63, 3.8) is 0 Å². The smallest absolute Gasteiger partial charge is 0.137 e. The lowest BCUT2D eigenvalue weighted by molar-refractivity contribution is 0.660. The Balaban J connectivity index is 1.20. The number of fused-ring (bicyclic) bond motifs is 6. The standard InChI is InChI=1S/C47H38N2O/c1-5-32(33-17-9-10-18-34(33)38-27-41-39(25-29(38)2)35-19-11-13-21-40(35)47(41,3)4)46-48-42(30-15-7-6-8-16-30)28-43(49-46)31-23-24-37-36-20-12-14-22-44(36)50-45(37)26-31/h6-28,32H,5H2,1-4H3. The van der Waals surface area contributed by atoms with Crippen LogP contribution in [0.3, 0.4) is 0 Å². The van der Waals surface area contributed by atoms with E-state index in [-0.39, 0.29) is 11.3 Å². The first-order chi connectivity index (χ1) is 24.4. The highest BCUT2D eigenvalue weighted by Crippen LogP contribution is 2.51. The Labute approximate surface area is 293 Å². The summed E-state index contributed by atoms with van der Waals surface area (Å²) in [5, 5.41) is 2.23. The van der Waals surface area contributed by atoms with E-state index in [1.54, 1.807) is 0 Å². The van der Waals surface area contributed by atoms with Crippen LogP contribution >= 0.6 is 0 Å². The number of aromatic nitrogens is 2. The summed E-state index contributed by atoms with van der Waals surface area (Å²) in [6.45, 7) is 9.20. The summed E-state index contributed by atoms with van der Waals surface area (Å²) in [6, 6.07) is 49.8. The highest BCUT2D eigenvalue weighted by Gasteiger charge is 2.36. The summed E-state index contributed by atoms with van der Waals surface area (Å²) >= 11 is 0. The molecule has 0 spiro atoms. The zero-order valence-corrected chi connectivity index (χ0v) is 28.9. The molecule has 2 aromatic heterocycles. The highest BCUT2D eigenvalue weighted by atomic mass is 16.3. The molecular weight excluding hydrogens is 609 g/mol. The lowest BCUT2D eigenvalue weighted by Crippen LogP contribution is -2.15. The minimum Gasteiger partial charge on any atom is -0.456 e. The monoisotopic (exact) mass is 646 g/mol. The van der Waals surface area contributed by atoms with Crippen LogP contribution in [0.15, 0.2) is 144 Å². The Kier molecular flexibility index (Phi) is 7.06. The fourth-order valence-corrected chi connectivity index (χ4v) is 8.15. The van der Waals surface area contributed by atoms with E-state index in [4.69, 9.17) is 14.4 Å². The van der Waals surface area contributed by atoms with Gasteiger partial charge in [0, 0.05) is 33.2 Å². The van der Waals surface area contributed by atoms with Crippen molar-refractivity contribution in [1.29, 1.82) is 0 Å². The minimum absolute atomic E-state index is 0.0126. The third kappa shape index (κ3) is 4.80. The first-order valence-corrected chi connectivity index (χ1v) is 17.6. The summed E-state index contributed by atoms with van der Waals surface area (Å²) in [7, 11) is 0. The number of rotatable bonds is 6. The highest BCUT2D eigenvalue weighted by molar-refractivity contribution is 6.05. The van der Waals surface area contributed by atoms with Crippen LogP contribution in [0.1, 0.15) is 61.2 Å². The second kappa shape index (κ2) is 11.7. The van der Waals surface area contributed by atoms with Gasteiger partial charge >= 0.3 is 0 Å². The second-order valence-corrected chi connectivity index (χ2v) is 14.1. The molecule has 1 unspecified atom stereocenters. The fourth-order valence-electron chi connectivity index (χ4n) is 8.15. The van der Waals surface area contributed by atoms with Gasteiger partial charge in [0.2, 0.25) is 0 Å². The molecule has 9 rings (SSSR count). The molecule has 3 heteroatoms. The van der Waals surface area contributed by atoms with Gasteiger partial charge in [-0.25, -0.2) is 9.97 Å². The predicted octanol–water partition coefficient (Wildman–Crippen LogP) is 12.5. The number of furan rings is 1. The largest absolute Gasteiger partial charge is 0.456 e. The third-order valence-electron chi connectivity index (χ3n) is 10.8. The zero-order chi connectivity index (χ0) is 34.0. The Bertz CT molecular complexity index is 2580. The van der Waals surface area contributed by atoms with Gasteiger partial charge in [-0.15, -0.1) is 0 Å². The van der Waals surface area contributed by atoms with E-state index in [1.807, 2.05) is 18.2 Å². The number of benzene rings is 6. The summed E-state index contributed by atoms with van der Waals surface area (Å²) < 4.78 is 6.30. The maximum Gasteiger partial charge on any atom is 0.137 e. The number of aryl methyl sites for hydroxylation is 1. The van der Waals surface area contributed by atoms with Gasteiger partial charge in [-0.05, 0) is 88.2 Å². The molecule has 0 saturated heterocycles. The van der Waals surface area contributed by atoms with E-state index in [2.05, 4.69) is 149 Å². The Morgan fingerprint density at radius 1 is 0.560 bits per heavy atom. The first-order valence-electron chi connectivity index (χ1n) is 17.6. The SMILES string of the molecule is CCC(c1nc(-c2ccccc2)cc(-c2ccc3c(c2)oc2ccccc23)n1)c1ccccc1-c1cc2c(cc1C)-c1ccccc1C2(C)C. The summed E-state index contributed by atoms with van der Waals surface area (Å²) in [5.41, 5.74) is 16.1. The van der Waals surface area contributed by atoms with Crippen LogP contribution < -0.4 is 0 Å². The van der Waals surface area contributed by atoms with E-state index in [0.717, 1.165) is 56.7 Å². The third-order valence-corrected chi connectivity index (χ3v) is 10.8. The number of hydrogen-bond donors (Lipinski definition) is 0. The Morgan fingerprint density at radius 2 is 1.24 bits per heavy atom. The molecule has 0 fully saturated rings. The molecule has 3 nitrogen and oxygen atoms in total.